The van der Waals surface area contributed by atoms with Crippen molar-refractivity contribution in [1.82, 2.24) is 9.97 Å². The summed E-state index contributed by atoms with van der Waals surface area (Å²) in [4.78, 5) is 8.37. The fraction of sp³-hybridized carbons (Fsp3) is 0. The van der Waals surface area contributed by atoms with E-state index in [0.29, 0.717) is 11.4 Å². The molecule has 0 aliphatic heterocycles. The summed E-state index contributed by atoms with van der Waals surface area (Å²) in [6.07, 6.45) is 3.54. The maximum Gasteiger partial charge on any atom is 0.0886 e. The first-order valence-corrected chi connectivity index (χ1v) is 6.20. The molecule has 5 heteroatoms. The SMILES string of the molecule is Nc1ccccc1N.[Ir].c1ccc(-c2ccccn2)nc1. The molecule has 3 aromatic rings. The minimum atomic E-state index is 0. The van der Waals surface area contributed by atoms with Gasteiger partial charge in [0.25, 0.3) is 0 Å². The molecule has 0 spiro atoms. The van der Waals surface area contributed by atoms with Gasteiger partial charge in [-0.05, 0) is 36.4 Å². The fourth-order valence-corrected chi connectivity index (χ4v) is 1.54. The average molecular weight is 457 g/mol. The van der Waals surface area contributed by atoms with Crippen LogP contribution < -0.4 is 11.5 Å². The van der Waals surface area contributed by atoms with E-state index < -0.39 is 0 Å². The Kier molecular flexibility index (Phi) is 7.09. The Morgan fingerprint density at radius 1 is 0.571 bits per heavy atom. The van der Waals surface area contributed by atoms with Gasteiger partial charge in [-0.2, -0.15) is 0 Å². The van der Waals surface area contributed by atoms with E-state index in [1.165, 1.54) is 0 Å². The first-order chi connectivity index (χ1) is 9.77. The average Bonchev–Trinajstić information content (AvgIpc) is 2.53. The van der Waals surface area contributed by atoms with Crippen LogP contribution in [-0.4, -0.2) is 9.97 Å². The molecule has 0 aliphatic rings. The van der Waals surface area contributed by atoms with Gasteiger partial charge in [0.15, 0.2) is 0 Å². The molecule has 0 atom stereocenters. The van der Waals surface area contributed by atoms with Crippen molar-refractivity contribution in [2.45, 2.75) is 0 Å². The van der Waals surface area contributed by atoms with E-state index in [9.17, 15) is 0 Å². The van der Waals surface area contributed by atoms with E-state index in [1.54, 1.807) is 24.5 Å². The molecular weight excluding hydrogens is 440 g/mol. The summed E-state index contributed by atoms with van der Waals surface area (Å²) in [7, 11) is 0. The second kappa shape index (κ2) is 8.84. The van der Waals surface area contributed by atoms with E-state index in [0.717, 1.165) is 11.4 Å². The molecule has 4 nitrogen and oxygen atoms in total. The molecule has 0 fully saturated rings. The zero-order valence-electron chi connectivity index (χ0n) is 11.3. The predicted octanol–water partition coefficient (Wildman–Crippen LogP) is 2.99. The van der Waals surface area contributed by atoms with Crippen molar-refractivity contribution in [3.8, 4) is 11.4 Å². The number of nitrogens with two attached hydrogens (primary N) is 2. The van der Waals surface area contributed by atoms with E-state index in [-0.39, 0.29) is 20.1 Å². The topological polar surface area (TPSA) is 77.8 Å². The standard InChI is InChI=1S/C10H8N2.C6H8N2.Ir/c1-3-7-11-9(5-1)10-6-2-4-8-12-10;7-5-3-1-2-4-6(5)8;/h1-8H;1-4H,7-8H2;. The number of hydrogen-bond donors (Lipinski definition) is 2. The van der Waals surface area contributed by atoms with Gasteiger partial charge in [-0.25, -0.2) is 0 Å². The molecule has 0 amide bonds. The Morgan fingerprint density at radius 2 is 0.952 bits per heavy atom. The summed E-state index contributed by atoms with van der Waals surface area (Å²) < 4.78 is 0. The first kappa shape index (κ1) is 16.8. The number of hydrogen-bond acceptors (Lipinski definition) is 4. The molecule has 0 unspecified atom stereocenters. The monoisotopic (exact) mass is 457 g/mol. The molecular formula is C16H16IrN4. The Labute approximate surface area is 137 Å². The van der Waals surface area contributed by atoms with Crippen LogP contribution in [0.2, 0.25) is 0 Å². The Bertz CT molecular complexity index is 586. The molecule has 1 radical (unpaired) electrons. The third-order valence-corrected chi connectivity index (χ3v) is 2.59. The van der Waals surface area contributed by atoms with Crippen LogP contribution in [-0.2, 0) is 20.1 Å². The summed E-state index contributed by atoms with van der Waals surface area (Å²) in [5.41, 5.74) is 13.9. The van der Waals surface area contributed by atoms with Gasteiger partial charge in [0, 0.05) is 32.5 Å². The fourth-order valence-electron chi connectivity index (χ4n) is 1.54. The van der Waals surface area contributed by atoms with Gasteiger partial charge in [-0.3, -0.25) is 9.97 Å². The largest absolute Gasteiger partial charge is 0.397 e. The minimum absolute atomic E-state index is 0. The predicted molar refractivity (Wildman–Crippen MR) is 82.7 cm³/mol. The summed E-state index contributed by atoms with van der Waals surface area (Å²) >= 11 is 0. The van der Waals surface area contributed by atoms with Crippen LogP contribution >= 0.6 is 0 Å². The molecule has 2 heterocycles. The van der Waals surface area contributed by atoms with Crippen molar-refractivity contribution in [1.29, 1.82) is 0 Å². The zero-order chi connectivity index (χ0) is 14.2. The number of aromatic nitrogens is 2. The molecule has 2 aromatic heterocycles. The Hall–Kier alpha value is -2.23. The van der Waals surface area contributed by atoms with E-state index in [1.807, 2.05) is 48.5 Å². The molecule has 21 heavy (non-hydrogen) atoms. The summed E-state index contributed by atoms with van der Waals surface area (Å²) in [6.45, 7) is 0. The molecule has 3 rings (SSSR count). The van der Waals surface area contributed by atoms with Crippen molar-refractivity contribution < 1.29 is 20.1 Å². The van der Waals surface area contributed by atoms with Gasteiger partial charge in [-0.1, -0.05) is 24.3 Å². The van der Waals surface area contributed by atoms with Gasteiger partial charge in [0.1, 0.15) is 0 Å². The molecule has 0 bridgehead atoms. The van der Waals surface area contributed by atoms with Crippen LogP contribution in [0, 0.1) is 0 Å². The second-order valence-electron chi connectivity index (χ2n) is 4.06. The number of rotatable bonds is 1. The van der Waals surface area contributed by atoms with E-state index in [2.05, 4.69) is 9.97 Å². The third-order valence-electron chi connectivity index (χ3n) is 2.59. The second-order valence-corrected chi connectivity index (χ2v) is 4.06. The minimum Gasteiger partial charge on any atom is -0.397 e. The van der Waals surface area contributed by atoms with Crippen LogP contribution in [0.25, 0.3) is 11.4 Å². The maximum atomic E-state index is 5.39. The van der Waals surface area contributed by atoms with Crippen molar-refractivity contribution in [2.75, 3.05) is 11.5 Å². The van der Waals surface area contributed by atoms with Gasteiger partial charge in [0.05, 0.1) is 22.8 Å². The van der Waals surface area contributed by atoms with Gasteiger partial charge >= 0.3 is 0 Å². The zero-order valence-corrected chi connectivity index (χ0v) is 13.7. The smallest absolute Gasteiger partial charge is 0.0886 e. The van der Waals surface area contributed by atoms with E-state index >= 15 is 0 Å². The van der Waals surface area contributed by atoms with Gasteiger partial charge in [-0.15, -0.1) is 0 Å². The Balaban J connectivity index is 0.000000216. The quantitative estimate of drug-likeness (QED) is 0.552. The van der Waals surface area contributed by atoms with Crippen LogP contribution in [0.3, 0.4) is 0 Å². The number of benzene rings is 1. The number of anilines is 2. The van der Waals surface area contributed by atoms with Crippen LogP contribution in [0.1, 0.15) is 0 Å². The summed E-state index contributed by atoms with van der Waals surface area (Å²) in [5, 5.41) is 0. The van der Waals surface area contributed by atoms with Crippen LogP contribution in [0.5, 0.6) is 0 Å². The molecule has 109 valence electrons. The van der Waals surface area contributed by atoms with Crippen LogP contribution in [0.4, 0.5) is 11.4 Å². The maximum absolute atomic E-state index is 5.39. The molecule has 4 N–H and O–H groups in total. The summed E-state index contributed by atoms with van der Waals surface area (Å²) in [5.74, 6) is 0. The number of nitrogen functional groups attached to an aromatic ring is 2. The Morgan fingerprint density at radius 3 is 1.24 bits per heavy atom. The molecule has 0 saturated heterocycles. The molecule has 0 aliphatic carbocycles. The first-order valence-electron chi connectivity index (χ1n) is 6.20. The van der Waals surface area contributed by atoms with Gasteiger partial charge < -0.3 is 11.5 Å². The van der Waals surface area contributed by atoms with Crippen molar-refractivity contribution >= 4 is 11.4 Å². The van der Waals surface area contributed by atoms with E-state index in [4.69, 9.17) is 11.5 Å². The number of pyridine rings is 2. The van der Waals surface area contributed by atoms with Gasteiger partial charge in [0.2, 0.25) is 0 Å². The number of nitrogens with zero attached hydrogens (tertiary/aromatic N) is 2. The normalized spacial score (nSPS) is 8.95. The van der Waals surface area contributed by atoms with Crippen molar-refractivity contribution in [3.63, 3.8) is 0 Å². The third kappa shape index (κ3) is 5.34. The summed E-state index contributed by atoms with van der Waals surface area (Å²) in [6, 6.07) is 18.8. The van der Waals surface area contributed by atoms with Crippen LogP contribution in [0.15, 0.2) is 73.1 Å². The van der Waals surface area contributed by atoms with Crippen molar-refractivity contribution in [3.05, 3.63) is 73.1 Å². The number of para-hydroxylation sites is 2. The molecule has 0 saturated carbocycles. The van der Waals surface area contributed by atoms with Crippen molar-refractivity contribution in [2.24, 2.45) is 0 Å². The molecule has 1 aromatic carbocycles.